The SMILES string of the molecule is CC(C)(c1ccc(OCCCNC(=O)O)cc1)c1ccc(OCc2ccnc(C3CNCCO3)n2)cc1. The molecule has 2 aromatic carbocycles. The second-order valence-electron chi connectivity index (χ2n) is 9.37. The Kier molecular flexibility index (Phi) is 8.92. The number of rotatable bonds is 11. The van der Waals surface area contributed by atoms with Crippen molar-refractivity contribution in [2.75, 3.05) is 32.8 Å². The molecular formula is C28H34N4O5. The summed E-state index contributed by atoms with van der Waals surface area (Å²) in [6, 6.07) is 18.0. The summed E-state index contributed by atoms with van der Waals surface area (Å²) in [6.45, 7) is 7.75. The molecule has 3 N–H and O–H groups in total. The van der Waals surface area contributed by atoms with Crippen LogP contribution in [-0.4, -0.2) is 54.0 Å². The smallest absolute Gasteiger partial charge is 0.404 e. The van der Waals surface area contributed by atoms with Crippen molar-refractivity contribution in [3.8, 4) is 11.5 Å². The van der Waals surface area contributed by atoms with Crippen LogP contribution in [0.4, 0.5) is 4.79 Å². The first kappa shape index (κ1) is 26.4. The first-order valence-electron chi connectivity index (χ1n) is 12.5. The van der Waals surface area contributed by atoms with E-state index in [1.165, 1.54) is 5.56 Å². The van der Waals surface area contributed by atoms with Crippen LogP contribution in [0.5, 0.6) is 11.5 Å². The van der Waals surface area contributed by atoms with Crippen LogP contribution in [0.25, 0.3) is 0 Å². The highest BCUT2D eigenvalue weighted by Gasteiger charge is 2.23. The lowest BCUT2D eigenvalue weighted by molar-refractivity contribution is 0.0218. The fraction of sp³-hybridized carbons (Fsp3) is 0.393. The van der Waals surface area contributed by atoms with Gasteiger partial charge in [0.15, 0.2) is 5.82 Å². The van der Waals surface area contributed by atoms with Gasteiger partial charge in [0.2, 0.25) is 0 Å². The van der Waals surface area contributed by atoms with Gasteiger partial charge in [0, 0.05) is 31.2 Å². The molecular weight excluding hydrogens is 472 g/mol. The molecule has 0 radical (unpaired) electrons. The maximum Gasteiger partial charge on any atom is 0.404 e. The third-order valence-electron chi connectivity index (χ3n) is 6.35. The van der Waals surface area contributed by atoms with E-state index in [1.807, 2.05) is 30.3 Å². The lowest BCUT2D eigenvalue weighted by atomic mass is 9.78. The van der Waals surface area contributed by atoms with Gasteiger partial charge in [-0.05, 0) is 47.9 Å². The predicted molar refractivity (Wildman–Crippen MR) is 139 cm³/mol. The molecule has 0 bridgehead atoms. The van der Waals surface area contributed by atoms with Crippen LogP contribution in [0.15, 0.2) is 60.8 Å². The number of hydrogen-bond acceptors (Lipinski definition) is 7. The summed E-state index contributed by atoms with van der Waals surface area (Å²) < 4.78 is 17.5. The zero-order chi connectivity index (χ0) is 26.1. The molecule has 0 spiro atoms. The molecule has 9 nitrogen and oxygen atoms in total. The molecule has 9 heteroatoms. The average Bonchev–Trinajstić information content (AvgIpc) is 2.93. The van der Waals surface area contributed by atoms with E-state index in [9.17, 15) is 4.79 Å². The fourth-order valence-electron chi connectivity index (χ4n) is 4.10. The first-order chi connectivity index (χ1) is 17.9. The Balaban J connectivity index is 1.31. The van der Waals surface area contributed by atoms with Gasteiger partial charge in [-0.3, -0.25) is 0 Å². The molecule has 2 heterocycles. The molecule has 37 heavy (non-hydrogen) atoms. The van der Waals surface area contributed by atoms with Crippen molar-refractivity contribution in [2.24, 2.45) is 0 Å². The summed E-state index contributed by atoms with van der Waals surface area (Å²) in [7, 11) is 0. The lowest BCUT2D eigenvalue weighted by Crippen LogP contribution is -2.34. The predicted octanol–water partition coefficient (Wildman–Crippen LogP) is 4.08. The number of amides is 1. The standard InChI is InChI=1S/C28H34N4O5/c1-28(2,20-4-8-23(9-5-20)35-16-3-13-31-27(33)34)21-6-10-24(11-7-21)37-19-22-12-14-30-26(32-22)25-18-29-15-17-36-25/h4-12,14,25,29,31H,3,13,15-19H2,1-2H3,(H,33,34). The molecule has 3 aromatic rings. The van der Waals surface area contributed by atoms with Crippen LogP contribution in [0.1, 0.15) is 49.0 Å². The lowest BCUT2D eigenvalue weighted by Gasteiger charge is -2.26. The summed E-state index contributed by atoms with van der Waals surface area (Å²) >= 11 is 0. The normalized spacial score (nSPS) is 15.7. The highest BCUT2D eigenvalue weighted by atomic mass is 16.5. The highest BCUT2D eigenvalue weighted by Crippen LogP contribution is 2.33. The maximum atomic E-state index is 10.5. The quantitative estimate of drug-likeness (QED) is 0.333. The van der Waals surface area contributed by atoms with Gasteiger partial charge in [-0.2, -0.15) is 0 Å². The van der Waals surface area contributed by atoms with Crippen LogP contribution in [-0.2, 0) is 16.8 Å². The number of nitrogens with one attached hydrogen (secondary N) is 2. The summed E-state index contributed by atoms with van der Waals surface area (Å²) in [5, 5.41) is 14.2. The van der Waals surface area contributed by atoms with Crippen molar-refractivity contribution >= 4 is 6.09 Å². The Morgan fingerprint density at radius 1 is 1.08 bits per heavy atom. The Morgan fingerprint density at radius 2 is 1.76 bits per heavy atom. The minimum atomic E-state index is -1.02. The van der Waals surface area contributed by atoms with Gasteiger partial charge in [0.25, 0.3) is 0 Å². The molecule has 4 rings (SSSR count). The molecule has 1 saturated heterocycles. The monoisotopic (exact) mass is 506 g/mol. The number of carbonyl (C=O) groups is 1. The van der Waals surface area contributed by atoms with Gasteiger partial charge in [-0.1, -0.05) is 38.1 Å². The molecule has 196 valence electrons. The maximum absolute atomic E-state index is 10.5. The fourth-order valence-corrected chi connectivity index (χ4v) is 4.10. The second kappa shape index (κ2) is 12.5. The first-order valence-corrected chi connectivity index (χ1v) is 12.5. The molecule has 1 aliphatic rings. The molecule has 1 unspecified atom stereocenters. The third-order valence-corrected chi connectivity index (χ3v) is 6.35. The minimum absolute atomic E-state index is 0.128. The van der Waals surface area contributed by atoms with Crippen LogP contribution >= 0.6 is 0 Å². The molecule has 1 aromatic heterocycles. The van der Waals surface area contributed by atoms with E-state index in [-0.39, 0.29) is 11.5 Å². The molecule has 1 atom stereocenters. The van der Waals surface area contributed by atoms with Crippen molar-refractivity contribution < 1.29 is 24.1 Å². The van der Waals surface area contributed by atoms with Crippen LogP contribution in [0, 0.1) is 0 Å². The van der Waals surface area contributed by atoms with E-state index in [0.29, 0.717) is 45.2 Å². The third kappa shape index (κ3) is 7.41. The number of ether oxygens (including phenoxy) is 3. The molecule has 1 amide bonds. The number of nitrogens with zero attached hydrogens (tertiary/aromatic N) is 2. The largest absolute Gasteiger partial charge is 0.494 e. The zero-order valence-electron chi connectivity index (χ0n) is 21.3. The molecule has 1 aliphatic heterocycles. The summed E-state index contributed by atoms with van der Waals surface area (Å²) in [4.78, 5) is 19.5. The molecule has 1 fully saturated rings. The van der Waals surface area contributed by atoms with Gasteiger partial charge in [-0.15, -0.1) is 0 Å². The van der Waals surface area contributed by atoms with Crippen molar-refractivity contribution in [1.29, 1.82) is 0 Å². The van der Waals surface area contributed by atoms with E-state index in [4.69, 9.17) is 19.3 Å². The van der Waals surface area contributed by atoms with Crippen molar-refractivity contribution in [2.45, 2.75) is 38.4 Å². The van der Waals surface area contributed by atoms with Crippen molar-refractivity contribution in [3.05, 3.63) is 83.4 Å². The Morgan fingerprint density at radius 3 is 2.38 bits per heavy atom. The van der Waals surface area contributed by atoms with Gasteiger partial charge in [0.05, 0.1) is 18.9 Å². The number of morpholine rings is 1. The van der Waals surface area contributed by atoms with Gasteiger partial charge in [0.1, 0.15) is 24.2 Å². The van der Waals surface area contributed by atoms with E-state index in [2.05, 4.69) is 58.7 Å². The van der Waals surface area contributed by atoms with Gasteiger partial charge in [-0.25, -0.2) is 14.8 Å². The van der Waals surface area contributed by atoms with Crippen molar-refractivity contribution in [3.63, 3.8) is 0 Å². The topological polar surface area (TPSA) is 115 Å². The average molecular weight is 507 g/mol. The second-order valence-corrected chi connectivity index (χ2v) is 9.37. The highest BCUT2D eigenvalue weighted by molar-refractivity contribution is 5.64. The Bertz CT molecular complexity index is 1150. The molecule has 0 aliphatic carbocycles. The number of hydrogen-bond donors (Lipinski definition) is 3. The van der Waals surface area contributed by atoms with E-state index in [1.54, 1.807) is 6.20 Å². The number of benzene rings is 2. The summed E-state index contributed by atoms with van der Waals surface area (Å²) in [5.74, 6) is 2.21. The van der Waals surface area contributed by atoms with Gasteiger partial charge < -0.3 is 30.0 Å². The summed E-state index contributed by atoms with van der Waals surface area (Å²) in [5.41, 5.74) is 2.93. The zero-order valence-corrected chi connectivity index (χ0v) is 21.3. The van der Waals surface area contributed by atoms with Crippen LogP contribution in [0.3, 0.4) is 0 Å². The van der Waals surface area contributed by atoms with E-state index in [0.717, 1.165) is 29.3 Å². The molecule has 0 saturated carbocycles. The van der Waals surface area contributed by atoms with Crippen molar-refractivity contribution in [1.82, 2.24) is 20.6 Å². The minimum Gasteiger partial charge on any atom is -0.494 e. The van der Waals surface area contributed by atoms with Gasteiger partial charge >= 0.3 is 6.09 Å². The number of aromatic nitrogens is 2. The summed E-state index contributed by atoms with van der Waals surface area (Å²) in [6.07, 6.45) is 1.21. The Labute approximate surface area is 217 Å². The van der Waals surface area contributed by atoms with E-state index < -0.39 is 6.09 Å². The van der Waals surface area contributed by atoms with Crippen LogP contribution in [0.2, 0.25) is 0 Å². The Hall–Kier alpha value is -3.69. The number of carboxylic acid groups (broad SMARTS) is 1. The van der Waals surface area contributed by atoms with Crippen LogP contribution < -0.4 is 20.1 Å². The van der Waals surface area contributed by atoms with E-state index >= 15 is 0 Å².